The molecule has 186 valence electrons. The Hall–Kier alpha value is -3.41. The van der Waals surface area contributed by atoms with Crippen LogP contribution in [0.3, 0.4) is 0 Å². The SMILES string of the molecule is COc1ccc(NC(=O)c2ccc(S(=O)(=O)N(C)C)cc2)cc1S(=O)(=O)Nc1c(C)cccc1C. The summed E-state index contributed by atoms with van der Waals surface area (Å²) in [5.74, 6) is -0.421. The molecule has 0 saturated heterocycles. The van der Waals surface area contributed by atoms with Crippen LogP contribution in [0.25, 0.3) is 0 Å². The van der Waals surface area contributed by atoms with E-state index in [4.69, 9.17) is 4.74 Å². The van der Waals surface area contributed by atoms with Gasteiger partial charge in [0.2, 0.25) is 10.0 Å². The van der Waals surface area contributed by atoms with E-state index in [1.54, 1.807) is 26.0 Å². The number of amides is 1. The largest absolute Gasteiger partial charge is 0.495 e. The van der Waals surface area contributed by atoms with Gasteiger partial charge < -0.3 is 10.1 Å². The summed E-state index contributed by atoms with van der Waals surface area (Å²) in [5.41, 5.74) is 2.42. The Labute approximate surface area is 205 Å². The van der Waals surface area contributed by atoms with Crippen LogP contribution in [-0.4, -0.2) is 48.3 Å². The molecule has 0 aromatic heterocycles. The third kappa shape index (κ3) is 5.64. The fraction of sp³-hybridized carbons (Fsp3) is 0.208. The molecule has 35 heavy (non-hydrogen) atoms. The zero-order valence-electron chi connectivity index (χ0n) is 20.0. The average Bonchev–Trinajstić information content (AvgIpc) is 2.81. The van der Waals surface area contributed by atoms with Crippen LogP contribution in [0.1, 0.15) is 21.5 Å². The van der Waals surface area contributed by atoms with E-state index in [-0.39, 0.29) is 26.8 Å². The van der Waals surface area contributed by atoms with E-state index in [1.807, 2.05) is 6.07 Å². The van der Waals surface area contributed by atoms with Crippen LogP contribution in [0.5, 0.6) is 5.75 Å². The molecule has 3 aromatic carbocycles. The van der Waals surface area contributed by atoms with Crippen molar-refractivity contribution in [2.24, 2.45) is 0 Å². The first-order valence-electron chi connectivity index (χ1n) is 10.5. The highest BCUT2D eigenvalue weighted by molar-refractivity contribution is 7.92. The van der Waals surface area contributed by atoms with Gasteiger partial charge in [-0.1, -0.05) is 18.2 Å². The summed E-state index contributed by atoms with van der Waals surface area (Å²) in [5, 5.41) is 2.64. The molecule has 0 aliphatic heterocycles. The average molecular weight is 518 g/mol. The van der Waals surface area contributed by atoms with E-state index in [0.29, 0.717) is 5.69 Å². The second-order valence-electron chi connectivity index (χ2n) is 8.00. The third-order valence-corrected chi connectivity index (χ3v) is 8.52. The second-order valence-corrected chi connectivity index (χ2v) is 11.8. The monoisotopic (exact) mass is 517 g/mol. The topological polar surface area (TPSA) is 122 Å². The Balaban J connectivity index is 1.89. The number of carbonyl (C=O) groups excluding carboxylic acids is 1. The lowest BCUT2D eigenvalue weighted by atomic mass is 10.1. The molecule has 11 heteroatoms. The molecule has 0 atom stereocenters. The maximum absolute atomic E-state index is 13.2. The maximum Gasteiger partial charge on any atom is 0.265 e. The fourth-order valence-electron chi connectivity index (χ4n) is 3.32. The lowest BCUT2D eigenvalue weighted by Crippen LogP contribution is -2.22. The van der Waals surface area contributed by atoms with Gasteiger partial charge >= 0.3 is 0 Å². The molecular weight excluding hydrogens is 490 g/mol. The molecule has 3 rings (SSSR count). The van der Waals surface area contributed by atoms with Crippen molar-refractivity contribution in [1.82, 2.24) is 4.31 Å². The minimum Gasteiger partial charge on any atom is -0.495 e. The Morgan fingerprint density at radius 3 is 2.03 bits per heavy atom. The van der Waals surface area contributed by atoms with Crippen molar-refractivity contribution in [3.8, 4) is 5.75 Å². The zero-order chi connectivity index (χ0) is 26.0. The molecule has 0 aliphatic rings. The first-order chi connectivity index (χ1) is 16.4. The van der Waals surface area contributed by atoms with Crippen molar-refractivity contribution in [1.29, 1.82) is 0 Å². The summed E-state index contributed by atoms with van der Waals surface area (Å²) in [6, 6.07) is 15.1. The number of ether oxygens (including phenoxy) is 1. The van der Waals surface area contributed by atoms with Crippen molar-refractivity contribution >= 4 is 37.3 Å². The van der Waals surface area contributed by atoms with E-state index in [1.165, 1.54) is 63.7 Å². The Bertz CT molecular complexity index is 1450. The van der Waals surface area contributed by atoms with Gasteiger partial charge in [-0.25, -0.2) is 21.1 Å². The summed E-state index contributed by atoms with van der Waals surface area (Å²) in [4.78, 5) is 12.6. The van der Waals surface area contributed by atoms with Gasteiger partial charge in [-0.05, 0) is 67.4 Å². The van der Waals surface area contributed by atoms with Gasteiger partial charge in [0, 0.05) is 25.3 Å². The molecule has 0 radical (unpaired) electrons. The second kappa shape index (κ2) is 10.1. The predicted molar refractivity (Wildman–Crippen MR) is 135 cm³/mol. The van der Waals surface area contributed by atoms with Crippen molar-refractivity contribution in [3.63, 3.8) is 0 Å². The van der Waals surface area contributed by atoms with Gasteiger partial charge in [0.15, 0.2) is 0 Å². The smallest absolute Gasteiger partial charge is 0.265 e. The van der Waals surface area contributed by atoms with Gasteiger partial charge in [0.05, 0.1) is 17.7 Å². The normalized spacial score (nSPS) is 11.8. The Kier molecular flexibility index (Phi) is 7.53. The number of nitrogens with zero attached hydrogens (tertiary/aromatic N) is 1. The number of benzene rings is 3. The zero-order valence-corrected chi connectivity index (χ0v) is 21.6. The number of methoxy groups -OCH3 is 1. The lowest BCUT2D eigenvalue weighted by molar-refractivity contribution is 0.102. The van der Waals surface area contributed by atoms with E-state index < -0.39 is 26.0 Å². The number of rotatable bonds is 8. The predicted octanol–water partition coefficient (Wildman–Crippen LogP) is 3.62. The molecule has 0 fully saturated rings. The number of para-hydroxylation sites is 1. The van der Waals surface area contributed by atoms with Crippen LogP contribution < -0.4 is 14.8 Å². The van der Waals surface area contributed by atoms with Crippen LogP contribution in [0, 0.1) is 13.8 Å². The van der Waals surface area contributed by atoms with Crippen molar-refractivity contribution in [2.45, 2.75) is 23.6 Å². The van der Waals surface area contributed by atoms with E-state index >= 15 is 0 Å². The Morgan fingerprint density at radius 2 is 1.49 bits per heavy atom. The van der Waals surface area contributed by atoms with E-state index in [0.717, 1.165) is 15.4 Å². The van der Waals surface area contributed by atoms with Crippen LogP contribution in [0.2, 0.25) is 0 Å². The first kappa shape index (κ1) is 26.2. The molecule has 9 nitrogen and oxygen atoms in total. The quantitative estimate of drug-likeness (QED) is 0.471. The first-order valence-corrected chi connectivity index (χ1v) is 13.4. The Morgan fingerprint density at radius 1 is 0.886 bits per heavy atom. The van der Waals surface area contributed by atoms with Crippen LogP contribution in [-0.2, 0) is 20.0 Å². The molecule has 1 amide bonds. The molecule has 0 unspecified atom stereocenters. The number of sulfonamides is 2. The number of nitrogens with one attached hydrogen (secondary N) is 2. The van der Waals surface area contributed by atoms with E-state index in [9.17, 15) is 21.6 Å². The minimum absolute atomic E-state index is 0.0504. The summed E-state index contributed by atoms with van der Waals surface area (Å²) in [7, 11) is -3.49. The molecular formula is C24H27N3O6S2. The fourth-order valence-corrected chi connectivity index (χ4v) is 5.62. The molecule has 0 aliphatic carbocycles. The summed E-state index contributed by atoms with van der Waals surface area (Å²) < 4.78 is 59.8. The summed E-state index contributed by atoms with van der Waals surface area (Å²) >= 11 is 0. The van der Waals surface area contributed by atoms with Gasteiger partial charge in [-0.15, -0.1) is 0 Å². The molecule has 0 heterocycles. The van der Waals surface area contributed by atoms with Crippen LogP contribution >= 0.6 is 0 Å². The van der Waals surface area contributed by atoms with Crippen LogP contribution in [0.4, 0.5) is 11.4 Å². The highest BCUT2D eigenvalue weighted by Crippen LogP contribution is 2.31. The molecule has 0 spiro atoms. The number of hydrogen-bond acceptors (Lipinski definition) is 6. The number of aryl methyl sites for hydroxylation is 2. The standard InChI is InChI=1S/C24H27N3O6S2/c1-16-7-6-8-17(2)23(16)26-34(29,30)22-15-19(11-14-21(22)33-5)25-24(28)18-9-12-20(13-10-18)35(31,32)27(3)4/h6-15,26H,1-5H3,(H,25,28). The van der Waals surface area contributed by atoms with Crippen molar-refractivity contribution in [3.05, 3.63) is 77.4 Å². The molecule has 0 bridgehead atoms. The lowest BCUT2D eigenvalue weighted by Gasteiger charge is -2.16. The third-order valence-electron chi connectivity index (χ3n) is 5.32. The van der Waals surface area contributed by atoms with Gasteiger partial charge in [-0.2, -0.15) is 0 Å². The maximum atomic E-state index is 13.2. The van der Waals surface area contributed by atoms with Crippen LogP contribution in [0.15, 0.2) is 70.5 Å². The minimum atomic E-state index is -4.05. The summed E-state index contributed by atoms with van der Waals surface area (Å²) in [6.07, 6.45) is 0. The van der Waals surface area contributed by atoms with E-state index in [2.05, 4.69) is 10.0 Å². The molecule has 2 N–H and O–H groups in total. The number of hydrogen-bond donors (Lipinski definition) is 2. The van der Waals surface area contributed by atoms with Gasteiger partial charge in [-0.3, -0.25) is 9.52 Å². The number of anilines is 2. The van der Waals surface area contributed by atoms with Gasteiger partial charge in [0.1, 0.15) is 10.6 Å². The number of carbonyl (C=O) groups is 1. The highest BCUT2D eigenvalue weighted by Gasteiger charge is 2.23. The summed E-state index contributed by atoms with van der Waals surface area (Å²) in [6.45, 7) is 3.60. The van der Waals surface area contributed by atoms with Crippen molar-refractivity contribution in [2.75, 3.05) is 31.2 Å². The molecule has 0 saturated carbocycles. The van der Waals surface area contributed by atoms with Crippen molar-refractivity contribution < 1.29 is 26.4 Å². The molecule has 3 aromatic rings. The highest BCUT2D eigenvalue weighted by atomic mass is 32.2. The van der Waals surface area contributed by atoms with Gasteiger partial charge in [0.25, 0.3) is 15.9 Å².